The predicted octanol–water partition coefficient (Wildman–Crippen LogP) is 5.01. The van der Waals surface area contributed by atoms with Gasteiger partial charge in [-0.2, -0.15) is 0 Å². The summed E-state index contributed by atoms with van der Waals surface area (Å²) in [6.45, 7) is 0. The van der Waals surface area contributed by atoms with Gasteiger partial charge in [-0.3, -0.25) is 4.79 Å². The molecule has 1 unspecified atom stereocenters. The largest absolute Gasteiger partial charge is 0.457 e. The lowest BCUT2D eigenvalue weighted by Crippen LogP contribution is -2.14. The van der Waals surface area contributed by atoms with Crippen molar-refractivity contribution in [1.29, 1.82) is 0 Å². The van der Waals surface area contributed by atoms with E-state index in [-0.39, 0.29) is 22.7 Å². The Morgan fingerprint density at radius 3 is 2.43 bits per heavy atom. The zero-order chi connectivity index (χ0) is 21.0. The van der Waals surface area contributed by atoms with Crippen LogP contribution >= 0.6 is 11.8 Å². The number of para-hydroxylation sites is 1. The van der Waals surface area contributed by atoms with Crippen LogP contribution in [0.2, 0.25) is 0 Å². The Kier molecular flexibility index (Phi) is 6.11. The third kappa shape index (κ3) is 5.23. The number of ether oxygens (including phenoxy) is 1. The van der Waals surface area contributed by atoms with Crippen molar-refractivity contribution in [3.63, 3.8) is 0 Å². The minimum atomic E-state index is -2.96. The highest BCUT2D eigenvalue weighted by Gasteiger charge is 2.29. The first-order chi connectivity index (χ1) is 14.5. The number of hydrogen-bond donors (Lipinski definition) is 1. The number of amides is 1. The number of rotatable bonds is 6. The maximum atomic E-state index is 12.9. The molecule has 7 heteroatoms. The number of carbonyl (C=O) groups excluding carboxylic acids is 1. The van der Waals surface area contributed by atoms with Gasteiger partial charge in [0.1, 0.15) is 11.5 Å². The van der Waals surface area contributed by atoms with Gasteiger partial charge < -0.3 is 10.1 Å². The highest BCUT2D eigenvalue weighted by molar-refractivity contribution is 8.02. The van der Waals surface area contributed by atoms with Gasteiger partial charge in [0.2, 0.25) is 0 Å². The number of thioether (sulfide) groups is 1. The monoisotopic (exact) mass is 439 g/mol. The van der Waals surface area contributed by atoms with E-state index >= 15 is 0 Å². The van der Waals surface area contributed by atoms with Crippen LogP contribution in [0.25, 0.3) is 0 Å². The SMILES string of the molecule is O=C(Nc1cccc(Oc2ccccc2)c1)c1ccccc1SC1CCS(=O)(=O)C1. The number of sulfone groups is 1. The lowest BCUT2D eigenvalue weighted by atomic mass is 10.2. The van der Waals surface area contributed by atoms with Crippen LogP contribution in [0.1, 0.15) is 16.8 Å². The first-order valence-electron chi connectivity index (χ1n) is 9.59. The molecule has 0 radical (unpaired) electrons. The molecule has 3 aromatic carbocycles. The van der Waals surface area contributed by atoms with Crippen molar-refractivity contribution in [3.8, 4) is 11.5 Å². The van der Waals surface area contributed by atoms with E-state index in [0.717, 1.165) is 4.90 Å². The topological polar surface area (TPSA) is 72.5 Å². The zero-order valence-corrected chi connectivity index (χ0v) is 17.8. The summed E-state index contributed by atoms with van der Waals surface area (Å²) in [4.78, 5) is 13.7. The molecule has 1 aliphatic heterocycles. The minimum absolute atomic E-state index is 0.0217. The summed E-state index contributed by atoms with van der Waals surface area (Å²) in [5, 5.41) is 2.89. The minimum Gasteiger partial charge on any atom is -0.457 e. The number of nitrogens with one attached hydrogen (secondary N) is 1. The van der Waals surface area contributed by atoms with Crippen LogP contribution in [-0.2, 0) is 9.84 Å². The van der Waals surface area contributed by atoms with E-state index in [0.29, 0.717) is 29.2 Å². The fraction of sp³-hybridized carbons (Fsp3) is 0.174. The predicted molar refractivity (Wildman–Crippen MR) is 120 cm³/mol. The molecule has 1 fully saturated rings. The summed E-state index contributed by atoms with van der Waals surface area (Å²) < 4.78 is 29.3. The molecular weight excluding hydrogens is 418 g/mol. The molecule has 0 aliphatic carbocycles. The van der Waals surface area contributed by atoms with Gasteiger partial charge in [0, 0.05) is 21.9 Å². The Balaban J connectivity index is 1.47. The summed E-state index contributed by atoms with van der Waals surface area (Å²) in [6.07, 6.45) is 0.613. The van der Waals surface area contributed by atoms with Crippen LogP contribution in [-0.4, -0.2) is 31.1 Å². The molecule has 154 valence electrons. The highest BCUT2D eigenvalue weighted by atomic mass is 32.2. The zero-order valence-electron chi connectivity index (χ0n) is 16.2. The Morgan fingerprint density at radius 2 is 1.67 bits per heavy atom. The number of benzene rings is 3. The lowest BCUT2D eigenvalue weighted by molar-refractivity contribution is 0.102. The Hall–Kier alpha value is -2.77. The molecule has 1 N–H and O–H groups in total. The van der Waals surface area contributed by atoms with Crippen LogP contribution in [0, 0.1) is 0 Å². The van der Waals surface area contributed by atoms with Crippen molar-refractivity contribution in [2.75, 3.05) is 16.8 Å². The first-order valence-corrected chi connectivity index (χ1v) is 12.3. The van der Waals surface area contributed by atoms with Crippen molar-refractivity contribution in [2.45, 2.75) is 16.6 Å². The van der Waals surface area contributed by atoms with E-state index in [2.05, 4.69) is 5.32 Å². The van der Waals surface area contributed by atoms with Crippen molar-refractivity contribution in [3.05, 3.63) is 84.4 Å². The smallest absolute Gasteiger partial charge is 0.256 e. The van der Waals surface area contributed by atoms with Crippen molar-refractivity contribution in [2.24, 2.45) is 0 Å². The molecule has 1 saturated heterocycles. The fourth-order valence-electron chi connectivity index (χ4n) is 3.25. The molecule has 1 atom stereocenters. The van der Waals surface area contributed by atoms with Gasteiger partial charge in [-0.05, 0) is 42.8 Å². The number of anilines is 1. The third-order valence-electron chi connectivity index (χ3n) is 4.69. The van der Waals surface area contributed by atoms with Gasteiger partial charge in [0.05, 0.1) is 17.1 Å². The summed E-state index contributed by atoms with van der Waals surface area (Å²) in [7, 11) is -2.96. The van der Waals surface area contributed by atoms with Crippen LogP contribution in [0.5, 0.6) is 11.5 Å². The Labute approximate surface area is 180 Å². The van der Waals surface area contributed by atoms with Crippen molar-refractivity contribution >= 4 is 33.2 Å². The van der Waals surface area contributed by atoms with Crippen LogP contribution < -0.4 is 10.1 Å². The maximum Gasteiger partial charge on any atom is 0.256 e. The molecule has 0 aromatic heterocycles. The normalized spacial score (nSPS) is 17.4. The highest BCUT2D eigenvalue weighted by Crippen LogP contribution is 2.33. The molecule has 0 bridgehead atoms. The van der Waals surface area contributed by atoms with Crippen LogP contribution in [0.15, 0.2) is 83.8 Å². The first kappa shape index (κ1) is 20.5. The second-order valence-electron chi connectivity index (χ2n) is 7.04. The van der Waals surface area contributed by atoms with Gasteiger partial charge in [-0.15, -0.1) is 11.8 Å². The van der Waals surface area contributed by atoms with E-state index < -0.39 is 9.84 Å². The molecule has 0 saturated carbocycles. The molecule has 30 heavy (non-hydrogen) atoms. The van der Waals surface area contributed by atoms with Crippen molar-refractivity contribution < 1.29 is 17.9 Å². The molecule has 1 heterocycles. The Bertz CT molecular complexity index is 1150. The second kappa shape index (κ2) is 8.93. The van der Waals surface area contributed by atoms with E-state index in [1.54, 1.807) is 24.3 Å². The van der Waals surface area contributed by atoms with E-state index in [9.17, 15) is 13.2 Å². The van der Waals surface area contributed by atoms with Gasteiger partial charge in [0.15, 0.2) is 9.84 Å². The standard InChI is InChI=1S/C23H21NO4S2/c25-23(21-11-4-5-12-22(21)29-20-13-14-30(26,27)16-20)24-17-7-6-10-19(15-17)28-18-8-2-1-3-9-18/h1-12,15,20H,13-14,16H2,(H,24,25). The van der Waals surface area contributed by atoms with Crippen LogP contribution in [0.4, 0.5) is 5.69 Å². The molecular formula is C23H21NO4S2. The summed E-state index contributed by atoms with van der Waals surface area (Å²) in [5.41, 5.74) is 1.15. The summed E-state index contributed by atoms with van der Waals surface area (Å²) in [6, 6.07) is 23.9. The molecule has 3 aromatic rings. The lowest BCUT2D eigenvalue weighted by Gasteiger charge is -2.13. The molecule has 0 spiro atoms. The average Bonchev–Trinajstić information content (AvgIpc) is 3.07. The van der Waals surface area contributed by atoms with E-state index in [1.807, 2.05) is 54.6 Å². The molecule has 1 aliphatic rings. The Morgan fingerprint density at radius 1 is 0.933 bits per heavy atom. The van der Waals surface area contributed by atoms with Gasteiger partial charge in [0.25, 0.3) is 5.91 Å². The third-order valence-corrected chi connectivity index (χ3v) is 8.01. The average molecular weight is 440 g/mol. The number of hydrogen-bond acceptors (Lipinski definition) is 5. The van der Waals surface area contributed by atoms with E-state index in [1.165, 1.54) is 11.8 Å². The fourth-order valence-corrected chi connectivity index (χ4v) is 6.88. The van der Waals surface area contributed by atoms with Gasteiger partial charge >= 0.3 is 0 Å². The second-order valence-corrected chi connectivity index (χ2v) is 10.6. The van der Waals surface area contributed by atoms with Gasteiger partial charge in [-0.25, -0.2) is 8.42 Å². The van der Waals surface area contributed by atoms with E-state index in [4.69, 9.17) is 4.74 Å². The van der Waals surface area contributed by atoms with Crippen LogP contribution in [0.3, 0.4) is 0 Å². The molecule has 4 rings (SSSR count). The van der Waals surface area contributed by atoms with Gasteiger partial charge in [-0.1, -0.05) is 36.4 Å². The summed E-state index contributed by atoms with van der Waals surface area (Å²) in [5.74, 6) is 1.47. The molecule has 1 amide bonds. The number of carbonyl (C=O) groups is 1. The molecule has 5 nitrogen and oxygen atoms in total. The maximum absolute atomic E-state index is 12.9. The summed E-state index contributed by atoms with van der Waals surface area (Å²) >= 11 is 1.46. The quantitative estimate of drug-likeness (QED) is 0.584. The van der Waals surface area contributed by atoms with Crippen molar-refractivity contribution in [1.82, 2.24) is 0 Å².